The van der Waals surface area contributed by atoms with Gasteiger partial charge in [-0.1, -0.05) is 12.8 Å². The number of hydrogen-bond acceptors (Lipinski definition) is 3. The predicted octanol–water partition coefficient (Wildman–Crippen LogP) is 2.59. The van der Waals surface area contributed by atoms with Gasteiger partial charge in [-0.25, -0.2) is 0 Å². The second-order valence-electron chi connectivity index (χ2n) is 5.04. The van der Waals surface area contributed by atoms with E-state index in [1.807, 2.05) is 0 Å². The summed E-state index contributed by atoms with van der Waals surface area (Å²) in [6.45, 7) is 0.0958. The van der Waals surface area contributed by atoms with E-state index in [0.717, 1.165) is 19.1 Å². The van der Waals surface area contributed by atoms with Gasteiger partial charge in [0, 0.05) is 0 Å². The van der Waals surface area contributed by atoms with Crippen LogP contribution >= 0.6 is 0 Å². The van der Waals surface area contributed by atoms with Crippen LogP contribution in [0.2, 0.25) is 0 Å². The molecule has 1 atom stereocenters. The number of nitrogens with one attached hydrogen (secondary N) is 1. The van der Waals surface area contributed by atoms with Gasteiger partial charge in [-0.2, -0.15) is 13.2 Å². The van der Waals surface area contributed by atoms with Crippen LogP contribution < -0.4 is 11.1 Å². The highest BCUT2D eigenvalue weighted by Gasteiger charge is 2.46. The molecule has 3 N–H and O–H groups in total. The van der Waals surface area contributed by atoms with E-state index in [9.17, 15) is 18.0 Å². The fourth-order valence-corrected chi connectivity index (χ4v) is 2.59. The maximum atomic E-state index is 13.1. The van der Waals surface area contributed by atoms with E-state index in [1.54, 1.807) is 0 Å². The maximum Gasteiger partial charge on any atom is 0.408 e. The van der Waals surface area contributed by atoms with E-state index in [1.165, 1.54) is 6.07 Å². The molecule has 1 unspecified atom stereocenters. The van der Waals surface area contributed by atoms with Crippen molar-refractivity contribution in [2.45, 2.75) is 44.4 Å². The summed E-state index contributed by atoms with van der Waals surface area (Å²) in [5, 5.41) is 2.09. The number of amides is 1. The molecule has 1 aliphatic rings. The summed E-state index contributed by atoms with van der Waals surface area (Å²) in [7, 11) is 0. The molecule has 0 aliphatic heterocycles. The molecular weight excluding hydrogens is 273 g/mol. The molecule has 1 heterocycles. The van der Waals surface area contributed by atoms with Gasteiger partial charge >= 0.3 is 6.18 Å². The summed E-state index contributed by atoms with van der Waals surface area (Å²) < 4.78 is 44.1. The topological polar surface area (TPSA) is 68.3 Å². The summed E-state index contributed by atoms with van der Waals surface area (Å²) >= 11 is 0. The minimum Gasteiger partial charge on any atom is -0.467 e. The number of carbonyl (C=O) groups excluding carboxylic acids is 1. The van der Waals surface area contributed by atoms with Gasteiger partial charge in [0.15, 0.2) is 0 Å². The van der Waals surface area contributed by atoms with Crippen molar-refractivity contribution in [3.05, 3.63) is 23.7 Å². The zero-order valence-electron chi connectivity index (χ0n) is 10.9. The highest BCUT2D eigenvalue weighted by Crippen LogP contribution is 2.35. The number of rotatable bonds is 4. The van der Waals surface area contributed by atoms with Gasteiger partial charge in [0.05, 0.1) is 12.1 Å². The van der Waals surface area contributed by atoms with Crippen LogP contribution in [0.15, 0.2) is 16.7 Å². The monoisotopic (exact) mass is 290 g/mol. The fraction of sp³-hybridized carbons (Fsp3) is 0.615. The van der Waals surface area contributed by atoms with Crippen molar-refractivity contribution in [3.8, 4) is 0 Å². The van der Waals surface area contributed by atoms with Crippen LogP contribution in [0.5, 0.6) is 0 Å². The molecule has 4 nitrogen and oxygen atoms in total. The highest BCUT2D eigenvalue weighted by molar-refractivity contribution is 5.94. The molecule has 20 heavy (non-hydrogen) atoms. The lowest BCUT2D eigenvalue weighted by atomic mass is 9.97. The maximum absolute atomic E-state index is 13.1. The lowest BCUT2D eigenvalue weighted by Crippen LogP contribution is -2.49. The van der Waals surface area contributed by atoms with Crippen LogP contribution in [0.25, 0.3) is 0 Å². The van der Waals surface area contributed by atoms with E-state index in [2.05, 4.69) is 5.32 Å². The second-order valence-corrected chi connectivity index (χ2v) is 5.04. The molecule has 2 rings (SSSR count). The summed E-state index contributed by atoms with van der Waals surface area (Å²) in [6.07, 6.45) is -0.787. The van der Waals surface area contributed by atoms with Crippen LogP contribution in [0.4, 0.5) is 13.2 Å². The molecule has 1 aliphatic carbocycles. The van der Waals surface area contributed by atoms with Crippen molar-refractivity contribution in [3.63, 3.8) is 0 Å². The SMILES string of the molecule is NCc1cc(C(=O)NC(C2CCCC2)C(F)(F)F)co1. The fourth-order valence-electron chi connectivity index (χ4n) is 2.59. The Labute approximate surface area is 114 Å². The van der Waals surface area contributed by atoms with Crippen LogP contribution in [-0.4, -0.2) is 18.1 Å². The average molecular weight is 290 g/mol. The smallest absolute Gasteiger partial charge is 0.408 e. The Morgan fingerprint density at radius 2 is 2.10 bits per heavy atom. The summed E-state index contributed by atoms with van der Waals surface area (Å²) in [6, 6.07) is -0.439. The predicted molar refractivity (Wildman–Crippen MR) is 65.9 cm³/mol. The standard InChI is InChI=1S/C13H17F3N2O2/c14-13(15,16)11(8-3-1-2-4-8)18-12(19)9-5-10(6-17)20-7-9/h5,7-8,11H,1-4,6,17H2,(H,18,19). The van der Waals surface area contributed by atoms with Crippen molar-refractivity contribution < 1.29 is 22.4 Å². The first-order valence-corrected chi connectivity index (χ1v) is 6.57. The molecule has 0 aromatic carbocycles. The summed E-state index contributed by atoms with van der Waals surface area (Å²) in [5.41, 5.74) is 5.40. The molecule has 0 spiro atoms. The highest BCUT2D eigenvalue weighted by atomic mass is 19.4. The number of hydrogen-bond donors (Lipinski definition) is 2. The minimum absolute atomic E-state index is 0.0673. The van der Waals surface area contributed by atoms with E-state index in [0.29, 0.717) is 18.6 Å². The van der Waals surface area contributed by atoms with Crippen LogP contribution in [-0.2, 0) is 6.54 Å². The van der Waals surface area contributed by atoms with E-state index < -0.39 is 24.0 Å². The van der Waals surface area contributed by atoms with Gasteiger partial charge in [-0.3, -0.25) is 4.79 Å². The first kappa shape index (κ1) is 14.9. The van der Waals surface area contributed by atoms with Crippen molar-refractivity contribution >= 4 is 5.91 Å². The van der Waals surface area contributed by atoms with Crippen molar-refractivity contribution in [1.82, 2.24) is 5.32 Å². The molecule has 0 saturated heterocycles. The van der Waals surface area contributed by atoms with Crippen LogP contribution in [0.1, 0.15) is 41.8 Å². The Hall–Kier alpha value is -1.50. The number of nitrogens with two attached hydrogens (primary N) is 1. The lowest BCUT2D eigenvalue weighted by molar-refractivity contribution is -0.164. The van der Waals surface area contributed by atoms with Crippen molar-refractivity contribution in [1.29, 1.82) is 0 Å². The molecule has 112 valence electrons. The van der Waals surface area contributed by atoms with Crippen molar-refractivity contribution in [2.24, 2.45) is 11.7 Å². The molecule has 1 aromatic rings. The van der Waals surface area contributed by atoms with Gasteiger partial charge < -0.3 is 15.5 Å². The van der Waals surface area contributed by atoms with E-state index >= 15 is 0 Å². The third kappa shape index (κ3) is 3.33. The van der Waals surface area contributed by atoms with Gasteiger partial charge in [0.25, 0.3) is 5.91 Å². The summed E-state index contributed by atoms with van der Waals surface area (Å²) in [4.78, 5) is 11.9. The molecule has 1 saturated carbocycles. The number of alkyl halides is 3. The molecule has 0 radical (unpaired) electrons. The van der Waals surface area contributed by atoms with Gasteiger partial charge in [0.2, 0.25) is 0 Å². The zero-order chi connectivity index (χ0) is 14.8. The van der Waals surface area contributed by atoms with Crippen molar-refractivity contribution in [2.75, 3.05) is 0 Å². The van der Waals surface area contributed by atoms with Gasteiger partial charge in [0.1, 0.15) is 18.1 Å². The zero-order valence-corrected chi connectivity index (χ0v) is 10.9. The molecule has 0 bridgehead atoms. The number of furan rings is 1. The quantitative estimate of drug-likeness (QED) is 0.895. The van der Waals surface area contributed by atoms with E-state index in [4.69, 9.17) is 10.2 Å². The van der Waals surface area contributed by atoms with E-state index in [-0.39, 0.29) is 12.1 Å². The normalized spacial score (nSPS) is 18.2. The van der Waals surface area contributed by atoms with Crippen LogP contribution in [0, 0.1) is 5.92 Å². The van der Waals surface area contributed by atoms with Gasteiger partial charge in [-0.05, 0) is 24.8 Å². The Kier molecular flexibility index (Phi) is 4.37. The third-order valence-corrected chi connectivity index (χ3v) is 3.63. The molecular formula is C13H17F3N2O2. The Balaban J connectivity index is 2.08. The number of carbonyl (C=O) groups is 1. The Morgan fingerprint density at radius 1 is 1.45 bits per heavy atom. The largest absolute Gasteiger partial charge is 0.467 e. The molecule has 1 fully saturated rings. The first-order valence-electron chi connectivity index (χ1n) is 6.57. The Morgan fingerprint density at radius 3 is 2.60 bits per heavy atom. The lowest BCUT2D eigenvalue weighted by Gasteiger charge is -2.26. The molecule has 1 amide bonds. The summed E-state index contributed by atoms with van der Waals surface area (Å²) in [5.74, 6) is -0.956. The minimum atomic E-state index is -4.44. The average Bonchev–Trinajstić information content (AvgIpc) is 3.04. The molecule has 1 aromatic heterocycles. The third-order valence-electron chi connectivity index (χ3n) is 3.63. The first-order chi connectivity index (χ1) is 9.41. The second kappa shape index (κ2) is 5.87. The number of halogens is 3. The molecule has 7 heteroatoms. The Bertz CT molecular complexity index is 464. The van der Waals surface area contributed by atoms with Crippen LogP contribution in [0.3, 0.4) is 0 Å². The van der Waals surface area contributed by atoms with Gasteiger partial charge in [-0.15, -0.1) is 0 Å².